The Bertz CT molecular complexity index is 469. The van der Waals surface area contributed by atoms with Crippen LogP contribution in [0.25, 0.3) is 0 Å². The van der Waals surface area contributed by atoms with E-state index in [1.165, 1.54) is 0 Å². The monoisotopic (exact) mass is 219 g/mol. The number of carbonyl (C=O) groups is 1. The van der Waals surface area contributed by atoms with Crippen molar-refractivity contribution >= 4 is 29.2 Å². The van der Waals surface area contributed by atoms with Crippen molar-refractivity contribution in [1.29, 1.82) is 0 Å². The Balaban J connectivity index is 2.08. The summed E-state index contributed by atoms with van der Waals surface area (Å²) in [5, 5.41) is 6.07. The number of hydrogen-bond donors (Lipinski definition) is 2. The fraction of sp³-hybridized carbons (Fsp3) is 0.200. The Morgan fingerprint density at radius 1 is 1.33 bits per heavy atom. The number of pyridine rings is 1. The van der Waals surface area contributed by atoms with Gasteiger partial charge in [0.2, 0.25) is 0 Å². The zero-order chi connectivity index (χ0) is 10.3. The number of anilines is 2. The van der Waals surface area contributed by atoms with Crippen LogP contribution in [0.3, 0.4) is 0 Å². The third-order valence-corrected chi connectivity index (χ3v) is 3.44. The van der Waals surface area contributed by atoms with Crippen molar-refractivity contribution in [2.45, 2.75) is 0 Å². The van der Waals surface area contributed by atoms with Gasteiger partial charge in [-0.2, -0.15) is 11.8 Å². The largest absolute Gasteiger partial charge is 0.341 e. The third-order valence-electron chi connectivity index (χ3n) is 2.46. The fourth-order valence-electron chi connectivity index (χ4n) is 1.69. The van der Waals surface area contributed by atoms with E-state index in [2.05, 4.69) is 15.6 Å². The lowest BCUT2D eigenvalue weighted by Gasteiger charge is -2.07. The number of carbonyl (C=O) groups excluding carboxylic acids is 1. The molecule has 0 atom stereocenters. The van der Waals surface area contributed by atoms with Crippen LogP contribution in [0.15, 0.2) is 29.6 Å². The van der Waals surface area contributed by atoms with Crippen LogP contribution < -0.4 is 10.6 Å². The Labute approximate surface area is 91.2 Å². The molecular weight excluding hydrogens is 210 g/mol. The molecular formula is C10H9N3OS. The first-order valence-corrected chi connectivity index (χ1v) is 5.83. The van der Waals surface area contributed by atoms with Crippen molar-refractivity contribution in [2.75, 3.05) is 22.1 Å². The number of thioether (sulfide) groups is 1. The number of fused-ring (bicyclic) bond motifs is 1. The molecule has 0 bridgehead atoms. The number of nitrogens with zero attached hydrogens (tertiary/aromatic N) is 1. The molecule has 1 aromatic heterocycles. The van der Waals surface area contributed by atoms with Gasteiger partial charge in [0.15, 0.2) is 5.82 Å². The lowest BCUT2D eigenvalue weighted by molar-refractivity contribution is -0.112. The van der Waals surface area contributed by atoms with Gasteiger partial charge in [-0.15, -0.1) is 0 Å². The average Bonchev–Trinajstić information content (AvgIpc) is 2.64. The summed E-state index contributed by atoms with van der Waals surface area (Å²) in [5.74, 6) is 2.37. The smallest absolute Gasteiger partial charge is 0.254 e. The molecule has 3 rings (SSSR count). The van der Waals surface area contributed by atoms with Crippen LogP contribution in [0.5, 0.6) is 0 Å². The number of nitrogens with one attached hydrogen (secondary N) is 2. The van der Waals surface area contributed by atoms with E-state index < -0.39 is 0 Å². The minimum absolute atomic E-state index is 0.00532. The highest BCUT2D eigenvalue weighted by Gasteiger charge is 2.25. The van der Waals surface area contributed by atoms with Crippen LogP contribution in [-0.2, 0) is 4.79 Å². The molecule has 0 saturated carbocycles. The summed E-state index contributed by atoms with van der Waals surface area (Å²) in [6.45, 7) is 0. The van der Waals surface area contributed by atoms with Gasteiger partial charge in [0.1, 0.15) is 0 Å². The minimum atomic E-state index is -0.00532. The molecule has 0 spiro atoms. The van der Waals surface area contributed by atoms with Crippen molar-refractivity contribution in [2.24, 2.45) is 0 Å². The van der Waals surface area contributed by atoms with E-state index in [0.717, 1.165) is 34.3 Å². The normalized spacial score (nSPS) is 18.8. The molecule has 0 radical (unpaired) electrons. The van der Waals surface area contributed by atoms with Gasteiger partial charge in [-0.05, 0) is 12.1 Å². The van der Waals surface area contributed by atoms with E-state index in [1.807, 2.05) is 12.1 Å². The summed E-state index contributed by atoms with van der Waals surface area (Å²) >= 11 is 1.74. The molecule has 3 heterocycles. The second-order valence-corrected chi connectivity index (χ2v) is 4.41. The van der Waals surface area contributed by atoms with E-state index in [-0.39, 0.29) is 5.91 Å². The van der Waals surface area contributed by atoms with Gasteiger partial charge < -0.3 is 10.6 Å². The summed E-state index contributed by atoms with van der Waals surface area (Å²) in [4.78, 5) is 16.0. The van der Waals surface area contributed by atoms with Crippen LogP contribution in [0, 0.1) is 0 Å². The highest BCUT2D eigenvalue weighted by atomic mass is 32.2. The molecule has 0 aromatic carbocycles. The number of rotatable bonds is 0. The lowest BCUT2D eigenvalue weighted by Crippen LogP contribution is -2.14. The van der Waals surface area contributed by atoms with Crippen molar-refractivity contribution in [1.82, 2.24) is 4.98 Å². The number of aromatic nitrogens is 1. The summed E-state index contributed by atoms with van der Waals surface area (Å²) in [6.07, 6.45) is 1.71. The fourth-order valence-corrected chi connectivity index (χ4v) is 2.75. The van der Waals surface area contributed by atoms with E-state index in [4.69, 9.17) is 0 Å². The van der Waals surface area contributed by atoms with Crippen LogP contribution in [0.1, 0.15) is 0 Å². The Hall–Kier alpha value is -1.49. The predicted octanol–water partition coefficient (Wildman–Crippen LogP) is 1.45. The van der Waals surface area contributed by atoms with Gasteiger partial charge in [-0.25, -0.2) is 4.98 Å². The van der Waals surface area contributed by atoms with Gasteiger partial charge in [0.05, 0.1) is 5.69 Å². The molecule has 0 saturated heterocycles. The van der Waals surface area contributed by atoms with E-state index in [1.54, 1.807) is 18.0 Å². The van der Waals surface area contributed by atoms with E-state index in [0.29, 0.717) is 0 Å². The summed E-state index contributed by atoms with van der Waals surface area (Å²) < 4.78 is 0. The Morgan fingerprint density at radius 3 is 3.20 bits per heavy atom. The maximum Gasteiger partial charge on any atom is 0.254 e. The second-order valence-electron chi connectivity index (χ2n) is 3.43. The topological polar surface area (TPSA) is 54.0 Å². The maximum atomic E-state index is 11.8. The first-order valence-electron chi connectivity index (χ1n) is 4.68. The van der Waals surface area contributed by atoms with Crippen LogP contribution in [0.2, 0.25) is 0 Å². The Kier molecular flexibility index (Phi) is 1.92. The zero-order valence-electron chi connectivity index (χ0n) is 7.91. The molecule has 2 aliphatic heterocycles. The lowest BCUT2D eigenvalue weighted by atomic mass is 10.2. The van der Waals surface area contributed by atoms with Crippen LogP contribution in [0.4, 0.5) is 11.5 Å². The standard InChI is InChI=1S/C10H9N3OS/c14-10-6-4-15-5-8(6)12-9-7(13-10)2-1-3-11-9/h1-3H,4-5H2,(H,11,12)(H,13,14). The molecule has 1 amide bonds. The maximum absolute atomic E-state index is 11.8. The highest BCUT2D eigenvalue weighted by Crippen LogP contribution is 2.31. The minimum Gasteiger partial charge on any atom is -0.341 e. The first-order chi connectivity index (χ1) is 7.34. The zero-order valence-corrected chi connectivity index (χ0v) is 8.73. The van der Waals surface area contributed by atoms with E-state index in [9.17, 15) is 4.79 Å². The molecule has 15 heavy (non-hydrogen) atoms. The molecule has 2 N–H and O–H groups in total. The summed E-state index contributed by atoms with van der Waals surface area (Å²) in [5.41, 5.74) is 2.59. The summed E-state index contributed by atoms with van der Waals surface area (Å²) in [7, 11) is 0. The van der Waals surface area contributed by atoms with Crippen molar-refractivity contribution in [3.8, 4) is 0 Å². The molecule has 1 aromatic rings. The van der Waals surface area contributed by atoms with Crippen molar-refractivity contribution < 1.29 is 4.79 Å². The van der Waals surface area contributed by atoms with Crippen molar-refractivity contribution in [3.05, 3.63) is 29.6 Å². The van der Waals surface area contributed by atoms with Gasteiger partial charge >= 0.3 is 0 Å². The molecule has 0 fully saturated rings. The molecule has 5 heteroatoms. The van der Waals surface area contributed by atoms with Crippen molar-refractivity contribution in [3.63, 3.8) is 0 Å². The number of amides is 1. The van der Waals surface area contributed by atoms with Gasteiger partial charge in [-0.3, -0.25) is 4.79 Å². The SMILES string of the molecule is O=C1Nc2cccnc2NC2=C1CSC2. The Morgan fingerprint density at radius 2 is 2.27 bits per heavy atom. The van der Waals surface area contributed by atoms with E-state index >= 15 is 0 Å². The third kappa shape index (κ3) is 1.39. The predicted molar refractivity (Wildman–Crippen MR) is 60.8 cm³/mol. The average molecular weight is 219 g/mol. The quantitative estimate of drug-likeness (QED) is 0.693. The van der Waals surface area contributed by atoms with Gasteiger partial charge in [0, 0.05) is 29.0 Å². The molecule has 76 valence electrons. The highest BCUT2D eigenvalue weighted by molar-refractivity contribution is 8.00. The van der Waals surface area contributed by atoms with Crippen LogP contribution in [-0.4, -0.2) is 22.4 Å². The van der Waals surface area contributed by atoms with Gasteiger partial charge in [0.25, 0.3) is 5.91 Å². The molecule has 0 unspecified atom stereocenters. The molecule has 4 nitrogen and oxygen atoms in total. The van der Waals surface area contributed by atoms with Gasteiger partial charge in [-0.1, -0.05) is 0 Å². The number of hydrogen-bond acceptors (Lipinski definition) is 4. The first kappa shape index (κ1) is 8.79. The van der Waals surface area contributed by atoms with Crippen LogP contribution >= 0.6 is 11.8 Å². The second kappa shape index (κ2) is 3.27. The summed E-state index contributed by atoms with van der Waals surface area (Å²) in [6, 6.07) is 3.66. The molecule has 0 aliphatic carbocycles. The molecule has 2 aliphatic rings.